The van der Waals surface area contributed by atoms with Gasteiger partial charge in [-0.3, -0.25) is 0 Å². The summed E-state index contributed by atoms with van der Waals surface area (Å²) in [5, 5.41) is 0. The van der Waals surface area contributed by atoms with Gasteiger partial charge in [0, 0.05) is 10.0 Å². The van der Waals surface area contributed by atoms with E-state index in [4.69, 9.17) is 34.8 Å². The molecule has 0 fully saturated rings. The summed E-state index contributed by atoms with van der Waals surface area (Å²) in [7, 11) is 0. The van der Waals surface area contributed by atoms with Crippen molar-refractivity contribution in [2.24, 2.45) is 0 Å². The smallest absolute Gasteiger partial charge is 0.0784 e. The lowest BCUT2D eigenvalue weighted by atomic mass is 10.0. The predicted molar refractivity (Wildman–Crippen MR) is 78.8 cm³/mol. The van der Waals surface area contributed by atoms with Crippen LogP contribution >= 0.6 is 50.7 Å². The van der Waals surface area contributed by atoms with Crippen LogP contribution < -0.4 is 0 Å². The average Bonchev–Trinajstić information content (AvgIpc) is 2.29. The monoisotopic (exact) mass is 348 g/mol. The normalized spacial score (nSPS) is 11.5. The fraction of sp³-hybridized carbons (Fsp3) is 0.0769. The van der Waals surface area contributed by atoms with Gasteiger partial charge in [0.2, 0.25) is 3.79 Å². The molecular formula is C13H8BrCl3. The molecule has 0 amide bonds. The standard InChI is InChI=1S/C13H8BrCl3/c14-12-7-2-1-6-11(12)9-4-3-5-10(8-9)13(15,16)17/h1-8H. The lowest BCUT2D eigenvalue weighted by molar-refractivity contribution is 1.24. The Balaban J connectivity index is 2.51. The van der Waals surface area contributed by atoms with E-state index in [0.29, 0.717) is 5.56 Å². The number of hydrogen-bond acceptors (Lipinski definition) is 0. The van der Waals surface area contributed by atoms with E-state index in [1.165, 1.54) is 0 Å². The molecule has 0 heterocycles. The summed E-state index contributed by atoms with van der Waals surface area (Å²) in [6.07, 6.45) is 0. The van der Waals surface area contributed by atoms with Crippen LogP contribution in [0, 0.1) is 0 Å². The Bertz CT molecular complexity index is 532. The molecule has 0 aliphatic heterocycles. The third kappa shape index (κ3) is 3.17. The molecule has 0 bridgehead atoms. The van der Waals surface area contributed by atoms with E-state index in [1.54, 1.807) is 6.07 Å². The second kappa shape index (κ2) is 5.19. The largest absolute Gasteiger partial charge is 0.216 e. The van der Waals surface area contributed by atoms with Crippen LogP contribution in [0.5, 0.6) is 0 Å². The third-order valence-electron chi connectivity index (χ3n) is 2.37. The van der Waals surface area contributed by atoms with Gasteiger partial charge in [0.05, 0.1) is 0 Å². The summed E-state index contributed by atoms with van der Waals surface area (Å²) in [5.41, 5.74) is 2.75. The highest BCUT2D eigenvalue weighted by atomic mass is 79.9. The molecule has 0 spiro atoms. The Kier molecular flexibility index (Phi) is 4.04. The topological polar surface area (TPSA) is 0 Å². The summed E-state index contributed by atoms with van der Waals surface area (Å²) in [6, 6.07) is 15.5. The molecule has 0 atom stereocenters. The van der Waals surface area contributed by atoms with Gasteiger partial charge < -0.3 is 0 Å². The zero-order valence-corrected chi connectivity index (χ0v) is 12.5. The highest BCUT2D eigenvalue weighted by Gasteiger charge is 2.22. The summed E-state index contributed by atoms with van der Waals surface area (Å²) < 4.78 is -0.376. The summed E-state index contributed by atoms with van der Waals surface area (Å²) >= 11 is 21.1. The maximum absolute atomic E-state index is 5.88. The molecule has 0 saturated carbocycles. The van der Waals surface area contributed by atoms with Gasteiger partial charge in [0.1, 0.15) is 0 Å². The van der Waals surface area contributed by atoms with E-state index in [0.717, 1.165) is 15.6 Å². The number of hydrogen-bond donors (Lipinski definition) is 0. The van der Waals surface area contributed by atoms with E-state index in [2.05, 4.69) is 15.9 Å². The van der Waals surface area contributed by atoms with Crippen LogP contribution in [0.1, 0.15) is 5.56 Å². The Hall–Kier alpha value is -0.210. The number of benzene rings is 2. The summed E-state index contributed by atoms with van der Waals surface area (Å²) in [6.45, 7) is 0. The molecule has 0 aromatic heterocycles. The first-order valence-electron chi connectivity index (χ1n) is 4.90. The van der Waals surface area contributed by atoms with Gasteiger partial charge in [-0.25, -0.2) is 0 Å². The third-order valence-corrected chi connectivity index (χ3v) is 3.72. The zero-order valence-electron chi connectivity index (χ0n) is 8.63. The first-order chi connectivity index (χ1) is 7.98. The van der Waals surface area contributed by atoms with Gasteiger partial charge in [0.15, 0.2) is 0 Å². The Morgan fingerprint density at radius 3 is 2.24 bits per heavy atom. The number of rotatable bonds is 1. The van der Waals surface area contributed by atoms with Crippen molar-refractivity contribution in [1.82, 2.24) is 0 Å². The van der Waals surface area contributed by atoms with Crippen molar-refractivity contribution in [3.63, 3.8) is 0 Å². The molecule has 0 unspecified atom stereocenters. The molecule has 0 nitrogen and oxygen atoms in total. The second-order valence-corrected chi connectivity index (χ2v) is 6.69. The van der Waals surface area contributed by atoms with Crippen molar-refractivity contribution in [2.75, 3.05) is 0 Å². The van der Waals surface area contributed by atoms with Crippen molar-refractivity contribution in [3.05, 3.63) is 58.6 Å². The van der Waals surface area contributed by atoms with Gasteiger partial charge in [0.25, 0.3) is 0 Å². The number of alkyl halides is 3. The van der Waals surface area contributed by atoms with Gasteiger partial charge in [-0.05, 0) is 23.3 Å². The lowest BCUT2D eigenvalue weighted by Crippen LogP contribution is -1.99. The van der Waals surface area contributed by atoms with Crippen molar-refractivity contribution < 1.29 is 0 Å². The molecule has 4 heteroatoms. The summed E-state index contributed by atoms with van der Waals surface area (Å²) in [5.74, 6) is 0. The fourth-order valence-corrected chi connectivity index (χ4v) is 2.42. The van der Waals surface area contributed by atoms with E-state index in [9.17, 15) is 0 Å². The SMILES string of the molecule is ClC(Cl)(Cl)c1cccc(-c2ccccc2Br)c1. The van der Waals surface area contributed by atoms with E-state index in [1.807, 2.05) is 42.5 Å². The molecule has 2 aromatic carbocycles. The Labute approximate surface area is 124 Å². The zero-order chi connectivity index (χ0) is 12.5. The minimum absolute atomic E-state index is 0.663. The van der Waals surface area contributed by atoms with Gasteiger partial charge in [-0.1, -0.05) is 87.1 Å². The molecule has 0 N–H and O–H groups in total. The highest BCUT2D eigenvalue weighted by molar-refractivity contribution is 9.10. The maximum Gasteiger partial charge on any atom is 0.216 e. The van der Waals surface area contributed by atoms with Crippen LogP contribution in [0.4, 0.5) is 0 Å². The Morgan fingerprint density at radius 2 is 1.59 bits per heavy atom. The van der Waals surface area contributed by atoms with E-state index >= 15 is 0 Å². The van der Waals surface area contributed by atoms with Crippen molar-refractivity contribution in [2.45, 2.75) is 3.79 Å². The van der Waals surface area contributed by atoms with Crippen molar-refractivity contribution in [3.8, 4) is 11.1 Å². The second-order valence-electron chi connectivity index (χ2n) is 3.56. The van der Waals surface area contributed by atoms with Crippen molar-refractivity contribution in [1.29, 1.82) is 0 Å². The highest BCUT2D eigenvalue weighted by Crippen LogP contribution is 2.40. The first kappa shape index (κ1) is 13.2. The van der Waals surface area contributed by atoms with Gasteiger partial charge in [-0.15, -0.1) is 0 Å². The minimum atomic E-state index is -1.39. The Morgan fingerprint density at radius 1 is 0.882 bits per heavy atom. The van der Waals surface area contributed by atoms with Crippen LogP contribution in [0.3, 0.4) is 0 Å². The van der Waals surface area contributed by atoms with Crippen LogP contribution in [0.2, 0.25) is 0 Å². The molecule has 88 valence electrons. The molecule has 17 heavy (non-hydrogen) atoms. The maximum atomic E-state index is 5.88. The van der Waals surface area contributed by atoms with Crippen LogP contribution in [0.25, 0.3) is 11.1 Å². The van der Waals surface area contributed by atoms with Gasteiger partial charge >= 0.3 is 0 Å². The fourth-order valence-electron chi connectivity index (χ4n) is 1.56. The molecule has 0 saturated heterocycles. The van der Waals surface area contributed by atoms with Crippen molar-refractivity contribution >= 4 is 50.7 Å². The molecule has 0 aliphatic rings. The summed E-state index contributed by atoms with van der Waals surface area (Å²) in [4.78, 5) is 0. The van der Waals surface area contributed by atoms with E-state index < -0.39 is 3.79 Å². The molecular weight excluding hydrogens is 342 g/mol. The quantitative estimate of drug-likeness (QED) is 0.558. The molecule has 0 radical (unpaired) electrons. The van der Waals surface area contributed by atoms with Crippen LogP contribution in [-0.4, -0.2) is 0 Å². The van der Waals surface area contributed by atoms with E-state index in [-0.39, 0.29) is 0 Å². The minimum Gasteiger partial charge on any atom is -0.0784 e. The predicted octanol–water partition coefficient (Wildman–Crippen LogP) is 5.94. The van der Waals surface area contributed by atoms with Crippen LogP contribution in [-0.2, 0) is 3.79 Å². The first-order valence-corrected chi connectivity index (χ1v) is 6.83. The number of halogens is 4. The lowest BCUT2D eigenvalue weighted by Gasteiger charge is -2.13. The molecule has 2 rings (SSSR count). The molecule has 2 aromatic rings. The van der Waals surface area contributed by atoms with Gasteiger partial charge in [-0.2, -0.15) is 0 Å². The van der Waals surface area contributed by atoms with Crippen LogP contribution in [0.15, 0.2) is 53.0 Å². The average molecular weight is 350 g/mol. The molecule has 0 aliphatic carbocycles.